The third-order valence-corrected chi connectivity index (χ3v) is 14.4. The molecule has 0 atom stereocenters. The van der Waals surface area contributed by atoms with E-state index in [-0.39, 0.29) is 33.1 Å². The van der Waals surface area contributed by atoms with Gasteiger partial charge in [-0.2, -0.15) is 0 Å². The number of hydrogen-bond acceptors (Lipinski definition) is 8. The van der Waals surface area contributed by atoms with Crippen LogP contribution in [-0.4, -0.2) is 9.13 Å². The van der Waals surface area contributed by atoms with Gasteiger partial charge in [-0.1, -0.05) is 41.5 Å². The highest BCUT2D eigenvalue weighted by Gasteiger charge is 2.31. The molecule has 0 radical (unpaired) electrons. The van der Waals surface area contributed by atoms with Crippen LogP contribution in [0.3, 0.4) is 0 Å². The summed E-state index contributed by atoms with van der Waals surface area (Å²) in [5.74, 6) is 0. The molecule has 4 aromatic carbocycles. The average molecular weight is 729 g/mol. The number of hydrogen-bond donors (Lipinski definition) is 0. The van der Waals surface area contributed by atoms with Crippen LogP contribution >= 0.6 is 45.3 Å². The zero-order valence-corrected chi connectivity index (χ0v) is 31.2. The summed E-state index contributed by atoms with van der Waals surface area (Å²) in [4.78, 5) is 59.0. The second-order valence-corrected chi connectivity index (χ2v) is 19.3. The van der Waals surface area contributed by atoms with E-state index < -0.39 is 0 Å². The molecule has 0 unspecified atom stereocenters. The molecule has 246 valence electrons. The number of fused-ring (bicyclic) bond motifs is 8. The molecule has 50 heavy (non-hydrogen) atoms. The van der Waals surface area contributed by atoms with E-state index in [2.05, 4.69) is 41.5 Å². The molecule has 0 aliphatic carbocycles. The first-order valence-electron chi connectivity index (χ1n) is 16.3. The van der Waals surface area contributed by atoms with Gasteiger partial charge in [0.25, 0.3) is 22.2 Å². The van der Waals surface area contributed by atoms with Crippen molar-refractivity contribution in [3.63, 3.8) is 0 Å². The van der Waals surface area contributed by atoms with Crippen molar-refractivity contribution in [2.45, 2.75) is 52.4 Å². The molecule has 0 amide bonds. The Bertz CT molecular complexity index is 2910. The van der Waals surface area contributed by atoms with Gasteiger partial charge in [-0.05, 0) is 114 Å². The zero-order valence-electron chi connectivity index (χ0n) is 27.9. The van der Waals surface area contributed by atoms with E-state index in [9.17, 15) is 19.2 Å². The van der Waals surface area contributed by atoms with E-state index >= 15 is 0 Å². The maximum Gasteiger partial charge on any atom is 0.267 e. The van der Waals surface area contributed by atoms with Crippen molar-refractivity contribution in [1.29, 1.82) is 0 Å². The Morgan fingerprint density at radius 3 is 1.04 bits per heavy atom. The van der Waals surface area contributed by atoms with Gasteiger partial charge in [0.05, 0.1) is 21.5 Å². The van der Waals surface area contributed by atoms with Crippen LogP contribution in [0, 0.1) is 0 Å². The van der Waals surface area contributed by atoms with Crippen molar-refractivity contribution in [2.24, 2.45) is 0 Å². The van der Waals surface area contributed by atoms with E-state index in [1.54, 1.807) is 22.7 Å². The monoisotopic (exact) mass is 728 g/mol. The van der Waals surface area contributed by atoms with E-state index in [4.69, 9.17) is 0 Å². The van der Waals surface area contributed by atoms with E-state index in [0.717, 1.165) is 40.7 Å². The maximum atomic E-state index is 14.7. The first-order chi connectivity index (χ1) is 23.7. The zero-order chi connectivity index (χ0) is 34.8. The number of nitrogens with zero attached hydrogens (tertiary/aromatic N) is 2. The second-order valence-electron chi connectivity index (χ2n) is 15.3. The molecular weight excluding hydrogens is 701 g/mol. The Kier molecular flexibility index (Phi) is 5.85. The normalized spacial score (nSPS) is 13.3. The Morgan fingerprint density at radius 2 is 0.760 bits per heavy atom. The predicted molar refractivity (Wildman–Crippen MR) is 215 cm³/mol. The molecule has 0 saturated carbocycles. The molecule has 10 heteroatoms. The van der Waals surface area contributed by atoms with E-state index in [0.29, 0.717) is 53.1 Å². The first kappa shape index (κ1) is 30.4. The third kappa shape index (κ3) is 3.82. The summed E-state index contributed by atoms with van der Waals surface area (Å²) < 4.78 is 6.75. The Balaban J connectivity index is 1.50. The summed E-state index contributed by atoms with van der Waals surface area (Å²) in [7, 11) is 0. The van der Waals surface area contributed by atoms with Gasteiger partial charge in [-0.15, -0.1) is 45.3 Å². The lowest BCUT2D eigenvalue weighted by atomic mass is 9.79. The van der Waals surface area contributed by atoms with Gasteiger partial charge in [0.15, 0.2) is 0 Å². The van der Waals surface area contributed by atoms with Crippen LogP contribution in [0.5, 0.6) is 0 Å². The van der Waals surface area contributed by atoms with E-state index in [1.807, 2.05) is 59.3 Å². The second kappa shape index (κ2) is 9.64. The highest BCUT2D eigenvalue weighted by atomic mass is 32.1. The van der Waals surface area contributed by atoms with Gasteiger partial charge in [-0.25, -0.2) is 9.13 Å². The van der Waals surface area contributed by atoms with Gasteiger partial charge in [0.1, 0.15) is 10.0 Å². The third-order valence-electron chi connectivity index (χ3n) is 10.2. The van der Waals surface area contributed by atoms with Crippen LogP contribution in [0.4, 0.5) is 0 Å². The highest BCUT2D eigenvalue weighted by molar-refractivity contribution is 7.28. The molecule has 0 aliphatic rings. The molecule has 6 heterocycles. The van der Waals surface area contributed by atoms with Gasteiger partial charge in [-0.3, -0.25) is 19.2 Å². The summed E-state index contributed by atoms with van der Waals surface area (Å²) in [5.41, 5.74) is -0.372. The quantitative estimate of drug-likeness (QED) is 0.166. The lowest BCUT2D eigenvalue weighted by Gasteiger charge is -2.24. The standard InChI is InChI=1S/C40H28N2O4S4/c1-39(2,3)17-11-19-29-20(12-17)32-34(38(46)42(36(32)44)28-16-26-24(50-28)8-10-48-26)22-14-18(40(4,5)6)13-21(30(22)29)33-31(19)35(43)41(37(33)45)27-15-25-23(49-27)7-9-47-25/h7-16H,1-6H3. The fourth-order valence-corrected chi connectivity index (χ4v) is 11.9. The largest absolute Gasteiger partial charge is 0.268 e. The number of thiophene rings is 4. The minimum atomic E-state index is -0.366. The number of aromatic nitrogens is 2. The van der Waals surface area contributed by atoms with Crippen LogP contribution < -0.4 is 22.2 Å². The van der Waals surface area contributed by atoms with Crippen molar-refractivity contribution in [1.82, 2.24) is 9.13 Å². The van der Waals surface area contributed by atoms with Crippen molar-refractivity contribution in [3.8, 4) is 10.0 Å². The Morgan fingerprint density at radius 1 is 0.440 bits per heavy atom. The summed E-state index contributed by atoms with van der Waals surface area (Å²) in [6.45, 7) is 12.5. The summed E-state index contributed by atoms with van der Waals surface area (Å²) >= 11 is 6.02. The molecule has 6 nitrogen and oxygen atoms in total. The minimum Gasteiger partial charge on any atom is -0.268 e. The van der Waals surface area contributed by atoms with Crippen LogP contribution in [0.15, 0.2) is 78.5 Å². The van der Waals surface area contributed by atoms with Gasteiger partial charge in [0.2, 0.25) is 0 Å². The van der Waals surface area contributed by atoms with Gasteiger partial charge >= 0.3 is 0 Å². The van der Waals surface area contributed by atoms with Crippen LogP contribution in [0.25, 0.3) is 82.7 Å². The van der Waals surface area contributed by atoms with Crippen molar-refractivity contribution in [3.05, 3.63) is 112 Å². The smallest absolute Gasteiger partial charge is 0.267 e. The minimum absolute atomic E-state index is 0.356. The van der Waals surface area contributed by atoms with Crippen LogP contribution in [0.2, 0.25) is 0 Å². The molecule has 10 aromatic rings. The van der Waals surface area contributed by atoms with Gasteiger partial charge in [0, 0.05) is 18.8 Å². The molecule has 0 saturated heterocycles. The number of benzene rings is 4. The van der Waals surface area contributed by atoms with Crippen molar-refractivity contribution in [2.75, 3.05) is 0 Å². The number of rotatable bonds is 2. The lowest BCUT2D eigenvalue weighted by molar-refractivity contribution is 0.591. The lowest BCUT2D eigenvalue weighted by Crippen LogP contribution is -2.22. The summed E-state index contributed by atoms with van der Waals surface area (Å²) in [6.07, 6.45) is 0. The molecular formula is C40H28N2O4S4. The molecule has 0 fully saturated rings. The molecule has 6 aromatic heterocycles. The first-order valence-corrected chi connectivity index (χ1v) is 19.7. The molecule has 0 aliphatic heterocycles. The van der Waals surface area contributed by atoms with E-state index in [1.165, 1.54) is 31.8 Å². The predicted octanol–water partition coefficient (Wildman–Crippen LogP) is 9.94. The van der Waals surface area contributed by atoms with Crippen molar-refractivity contribution >= 4 is 118 Å². The Hall–Kier alpha value is -4.48. The SMILES string of the molecule is CC(C)(C)c1cc2c3c(=O)n(-c4cc5sccc5s4)c(=O)c3c3cc(C(C)(C)C)cc4c5c(=O)n(-c6cc7sccc7s6)c(=O)c5c(c1)c2c34. The average Bonchev–Trinajstić information content (AvgIpc) is 3.87. The molecule has 0 N–H and O–H groups in total. The van der Waals surface area contributed by atoms with Crippen LogP contribution in [-0.2, 0) is 10.8 Å². The summed E-state index contributed by atoms with van der Waals surface area (Å²) in [6, 6.07) is 16.0. The molecule has 0 spiro atoms. The maximum absolute atomic E-state index is 14.7. The Labute approximate surface area is 299 Å². The topological polar surface area (TPSA) is 78.1 Å². The van der Waals surface area contributed by atoms with Crippen LogP contribution in [0.1, 0.15) is 52.7 Å². The summed E-state index contributed by atoms with van der Waals surface area (Å²) in [5, 5.41) is 10.7. The molecule has 0 bridgehead atoms. The fraction of sp³-hybridized carbons (Fsp3) is 0.200. The molecule has 10 rings (SSSR count). The van der Waals surface area contributed by atoms with Gasteiger partial charge < -0.3 is 0 Å². The van der Waals surface area contributed by atoms with Crippen molar-refractivity contribution < 1.29 is 0 Å². The fourth-order valence-electron chi connectivity index (χ4n) is 7.66. The highest BCUT2D eigenvalue weighted by Crippen LogP contribution is 2.46.